The summed E-state index contributed by atoms with van der Waals surface area (Å²) < 4.78 is 7.63. The van der Waals surface area contributed by atoms with Crippen molar-refractivity contribution in [3.05, 3.63) is 48.4 Å². The first-order valence-corrected chi connectivity index (χ1v) is 9.52. The van der Waals surface area contributed by atoms with Crippen LogP contribution in [0, 0.1) is 0 Å². The number of aromatic nitrogens is 4. The molecule has 8 nitrogen and oxygen atoms in total. The number of rotatable bonds is 5. The summed E-state index contributed by atoms with van der Waals surface area (Å²) in [5.74, 6) is 0.787. The Bertz CT molecular complexity index is 948. The number of benzene rings is 1. The highest BCUT2D eigenvalue weighted by Crippen LogP contribution is 2.25. The molecule has 146 valence electrons. The van der Waals surface area contributed by atoms with Gasteiger partial charge in [0.25, 0.3) is 5.91 Å². The van der Waals surface area contributed by atoms with Crippen LogP contribution in [0.3, 0.4) is 0 Å². The van der Waals surface area contributed by atoms with E-state index in [4.69, 9.17) is 4.74 Å². The summed E-state index contributed by atoms with van der Waals surface area (Å²) in [5.41, 5.74) is 1.42. The normalized spacial score (nSPS) is 19.7. The second-order valence-electron chi connectivity index (χ2n) is 7.09. The molecule has 1 aliphatic rings. The standard InChI is InChI=1S/C20H24N6O2/c1-14-11-25(12-15(2)28-14)18-17-10-24-26(19(17)23-13-22-18)9-8-21-20(27)16-6-4-3-5-7-16/h3-7,10,13-15H,8-9,11-12H2,1-2H3,(H,21,27)/t14-,15-/m1/s1. The quantitative estimate of drug-likeness (QED) is 0.727. The molecule has 0 radical (unpaired) electrons. The summed E-state index contributed by atoms with van der Waals surface area (Å²) in [6.07, 6.45) is 3.67. The van der Waals surface area contributed by atoms with Gasteiger partial charge in [0.1, 0.15) is 12.1 Å². The van der Waals surface area contributed by atoms with Gasteiger partial charge in [-0.2, -0.15) is 5.10 Å². The van der Waals surface area contributed by atoms with Crippen LogP contribution in [0.15, 0.2) is 42.9 Å². The Kier molecular flexibility index (Phi) is 5.21. The molecule has 1 aromatic carbocycles. The van der Waals surface area contributed by atoms with E-state index in [1.165, 1.54) is 0 Å². The summed E-state index contributed by atoms with van der Waals surface area (Å²) in [5, 5.41) is 8.30. The van der Waals surface area contributed by atoms with Crippen LogP contribution < -0.4 is 10.2 Å². The number of nitrogens with one attached hydrogen (secondary N) is 1. The SMILES string of the molecule is C[C@@H]1CN(c2ncnc3c2cnn3CCNC(=O)c2ccccc2)C[C@@H](C)O1. The molecule has 28 heavy (non-hydrogen) atoms. The molecule has 3 aromatic rings. The van der Waals surface area contributed by atoms with Crippen LogP contribution in [0.25, 0.3) is 11.0 Å². The lowest BCUT2D eigenvalue weighted by Crippen LogP contribution is -2.45. The summed E-state index contributed by atoms with van der Waals surface area (Å²) in [6.45, 7) is 6.72. The lowest BCUT2D eigenvalue weighted by molar-refractivity contribution is -0.00537. The summed E-state index contributed by atoms with van der Waals surface area (Å²) >= 11 is 0. The second kappa shape index (κ2) is 7.93. The first-order valence-electron chi connectivity index (χ1n) is 9.52. The lowest BCUT2D eigenvalue weighted by Gasteiger charge is -2.36. The molecule has 4 rings (SSSR count). The highest BCUT2D eigenvalue weighted by molar-refractivity contribution is 5.94. The van der Waals surface area contributed by atoms with Gasteiger partial charge in [-0.25, -0.2) is 14.6 Å². The molecule has 0 spiro atoms. The molecule has 0 unspecified atom stereocenters. The summed E-state index contributed by atoms with van der Waals surface area (Å²) in [7, 11) is 0. The van der Waals surface area contributed by atoms with E-state index in [2.05, 4.69) is 39.1 Å². The van der Waals surface area contributed by atoms with Gasteiger partial charge in [0.2, 0.25) is 0 Å². The van der Waals surface area contributed by atoms with Crippen molar-refractivity contribution in [3.63, 3.8) is 0 Å². The van der Waals surface area contributed by atoms with Gasteiger partial charge in [-0.1, -0.05) is 18.2 Å². The Morgan fingerprint density at radius 2 is 1.93 bits per heavy atom. The number of fused-ring (bicyclic) bond motifs is 1. The maximum atomic E-state index is 12.2. The van der Waals surface area contributed by atoms with Crippen molar-refractivity contribution in [3.8, 4) is 0 Å². The van der Waals surface area contributed by atoms with Crippen molar-refractivity contribution in [1.29, 1.82) is 0 Å². The minimum Gasteiger partial charge on any atom is -0.372 e. The van der Waals surface area contributed by atoms with Gasteiger partial charge < -0.3 is 15.0 Å². The van der Waals surface area contributed by atoms with Crippen LogP contribution in [0.4, 0.5) is 5.82 Å². The Morgan fingerprint density at radius 1 is 1.18 bits per heavy atom. The van der Waals surface area contributed by atoms with Crippen molar-refractivity contribution < 1.29 is 9.53 Å². The van der Waals surface area contributed by atoms with Crippen LogP contribution in [-0.2, 0) is 11.3 Å². The number of hydrogen-bond donors (Lipinski definition) is 1. The molecule has 1 amide bonds. The topological polar surface area (TPSA) is 85.2 Å². The van der Waals surface area contributed by atoms with Gasteiger partial charge in [0, 0.05) is 25.2 Å². The largest absolute Gasteiger partial charge is 0.372 e. The number of ether oxygens (including phenoxy) is 1. The van der Waals surface area contributed by atoms with Gasteiger partial charge in [-0.05, 0) is 26.0 Å². The van der Waals surface area contributed by atoms with E-state index in [0.717, 1.165) is 29.9 Å². The zero-order chi connectivity index (χ0) is 19.5. The third-order valence-electron chi connectivity index (χ3n) is 4.78. The fraction of sp³-hybridized carbons (Fsp3) is 0.400. The Balaban J connectivity index is 1.47. The monoisotopic (exact) mass is 380 g/mol. The number of anilines is 1. The van der Waals surface area contributed by atoms with Crippen LogP contribution in [0.2, 0.25) is 0 Å². The fourth-order valence-corrected chi connectivity index (χ4v) is 3.61. The molecular weight excluding hydrogens is 356 g/mol. The minimum atomic E-state index is -0.0938. The number of morpholine rings is 1. The molecular formula is C20H24N6O2. The van der Waals surface area contributed by atoms with E-state index in [0.29, 0.717) is 18.7 Å². The predicted molar refractivity (Wildman–Crippen MR) is 106 cm³/mol. The average molecular weight is 380 g/mol. The number of carbonyl (C=O) groups excluding carboxylic acids is 1. The van der Waals surface area contributed by atoms with Crippen LogP contribution in [0.5, 0.6) is 0 Å². The molecule has 1 aliphatic heterocycles. The van der Waals surface area contributed by atoms with E-state index < -0.39 is 0 Å². The van der Waals surface area contributed by atoms with Gasteiger partial charge in [0.05, 0.1) is 30.3 Å². The van der Waals surface area contributed by atoms with Crippen LogP contribution in [-0.4, -0.2) is 57.5 Å². The lowest BCUT2D eigenvalue weighted by atomic mass is 10.2. The summed E-state index contributed by atoms with van der Waals surface area (Å²) in [4.78, 5) is 23.3. The van der Waals surface area contributed by atoms with E-state index in [-0.39, 0.29) is 18.1 Å². The van der Waals surface area contributed by atoms with Crippen molar-refractivity contribution >= 4 is 22.8 Å². The van der Waals surface area contributed by atoms with Gasteiger partial charge in [-0.3, -0.25) is 4.79 Å². The molecule has 3 heterocycles. The molecule has 1 N–H and O–H groups in total. The number of hydrogen-bond acceptors (Lipinski definition) is 6. The Labute approximate surface area is 163 Å². The second-order valence-corrected chi connectivity index (χ2v) is 7.09. The molecule has 1 fully saturated rings. The number of nitrogens with zero attached hydrogens (tertiary/aromatic N) is 5. The highest BCUT2D eigenvalue weighted by Gasteiger charge is 2.25. The maximum absolute atomic E-state index is 12.2. The average Bonchev–Trinajstić information content (AvgIpc) is 3.11. The zero-order valence-corrected chi connectivity index (χ0v) is 16.1. The van der Waals surface area contributed by atoms with E-state index >= 15 is 0 Å². The highest BCUT2D eigenvalue weighted by atomic mass is 16.5. The van der Waals surface area contributed by atoms with Gasteiger partial charge in [0.15, 0.2) is 5.65 Å². The smallest absolute Gasteiger partial charge is 0.251 e. The van der Waals surface area contributed by atoms with Crippen molar-refractivity contribution in [1.82, 2.24) is 25.1 Å². The van der Waals surface area contributed by atoms with Gasteiger partial charge in [-0.15, -0.1) is 0 Å². The molecule has 0 saturated carbocycles. The molecule has 8 heteroatoms. The molecule has 2 aromatic heterocycles. The number of amides is 1. The number of carbonyl (C=O) groups is 1. The Hall–Kier alpha value is -3.00. The van der Waals surface area contributed by atoms with Crippen molar-refractivity contribution in [2.75, 3.05) is 24.5 Å². The fourth-order valence-electron chi connectivity index (χ4n) is 3.61. The van der Waals surface area contributed by atoms with Gasteiger partial charge >= 0.3 is 0 Å². The summed E-state index contributed by atoms with van der Waals surface area (Å²) in [6, 6.07) is 9.17. The Morgan fingerprint density at radius 3 is 2.68 bits per heavy atom. The first-order chi connectivity index (χ1) is 13.6. The van der Waals surface area contributed by atoms with Crippen molar-refractivity contribution in [2.24, 2.45) is 0 Å². The van der Waals surface area contributed by atoms with E-state index in [9.17, 15) is 4.79 Å². The zero-order valence-electron chi connectivity index (χ0n) is 16.1. The first kappa shape index (κ1) is 18.4. The third-order valence-corrected chi connectivity index (χ3v) is 4.78. The maximum Gasteiger partial charge on any atom is 0.251 e. The van der Waals surface area contributed by atoms with Crippen LogP contribution in [0.1, 0.15) is 24.2 Å². The minimum absolute atomic E-state index is 0.0938. The van der Waals surface area contributed by atoms with E-state index in [1.807, 2.05) is 18.2 Å². The molecule has 0 bridgehead atoms. The predicted octanol–water partition coefficient (Wildman–Crippen LogP) is 1.87. The molecule has 1 saturated heterocycles. The molecule has 0 aliphatic carbocycles. The molecule has 2 atom stereocenters. The third kappa shape index (κ3) is 3.82. The van der Waals surface area contributed by atoms with E-state index in [1.54, 1.807) is 29.3 Å². The van der Waals surface area contributed by atoms with Crippen molar-refractivity contribution in [2.45, 2.75) is 32.6 Å². The van der Waals surface area contributed by atoms with Crippen LogP contribution >= 0.6 is 0 Å².